The van der Waals surface area contributed by atoms with Crippen molar-refractivity contribution in [3.8, 4) is 5.75 Å². The summed E-state index contributed by atoms with van der Waals surface area (Å²) in [6, 6.07) is 12.2. The summed E-state index contributed by atoms with van der Waals surface area (Å²) in [5.41, 5.74) is 8.98. The van der Waals surface area contributed by atoms with Crippen LogP contribution >= 0.6 is 0 Å². The molecule has 2 aromatic rings. The molecular weight excluding hydrogens is 276 g/mol. The van der Waals surface area contributed by atoms with Gasteiger partial charge in [-0.1, -0.05) is 12.1 Å². The first kappa shape index (κ1) is 14.5. The van der Waals surface area contributed by atoms with Gasteiger partial charge in [0.15, 0.2) is 0 Å². The summed E-state index contributed by atoms with van der Waals surface area (Å²) in [5.74, 6) is 0.824. The Balaban J connectivity index is 1.95. The van der Waals surface area contributed by atoms with Gasteiger partial charge in [-0.2, -0.15) is 5.10 Å². The van der Waals surface area contributed by atoms with E-state index in [0.717, 1.165) is 35.6 Å². The molecule has 22 heavy (non-hydrogen) atoms. The van der Waals surface area contributed by atoms with Crippen molar-refractivity contribution >= 4 is 11.4 Å². The predicted molar refractivity (Wildman–Crippen MR) is 88.2 cm³/mol. The number of hydrazone groups is 1. The fraction of sp³-hybridized carbons (Fsp3) is 0.294. The number of pyridine rings is 1. The quantitative estimate of drug-likeness (QED) is 0.921. The Bertz CT molecular complexity index is 657. The van der Waals surface area contributed by atoms with Gasteiger partial charge >= 0.3 is 0 Å². The summed E-state index contributed by atoms with van der Waals surface area (Å²) >= 11 is 0. The van der Waals surface area contributed by atoms with Gasteiger partial charge in [0, 0.05) is 30.6 Å². The van der Waals surface area contributed by atoms with Crippen LogP contribution in [-0.4, -0.2) is 24.4 Å². The summed E-state index contributed by atoms with van der Waals surface area (Å²) < 4.78 is 5.32. The Hall–Kier alpha value is -2.40. The van der Waals surface area contributed by atoms with Gasteiger partial charge < -0.3 is 10.5 Å². The SMILES string of the molecule is COc1cccc(N2N=C(CCN)CC2c2cccnc2)c1. The Morgan fingerprint density at radius 2 is 2.23 bits per heavy atom. The van der Waals surface area contributed by atoms with Gasteiger partial charge in [-0.15, -0.1) is 0 Å². The van der Waals surface area contributed by atoms with E-state index in [1.54, 1.807) is 13.3 Å². The molecule has 1 aliphatic heterocycles. The molecule has 1 atom stereocenters. The Labute approximate surface area is 130 Å². The lowest BCUT2D eigenvalue weighted by Crippen LogP contribution is -2.18. The summed E-state index contributed by atoms with van der Waals surface area (Å²) in [5, 5.41) is 6.81. The van der Waals surface area contributed by atoms with E-state index in [2.05, 4.69) is 11.1 Å². The molecule has 0 radical (unpaired) electrons. The molecule has 2 N–H and O–H groups in total. The number of benzene rings is 1. The maximum absolute atomic E-state index is 5.69. The van der Waals surface area contributed by atoms with Crippen LogP contribution in [0.25, 0.3) is 0 Å². The highest BCUT2D eigenvalue weighted by Crippen LogP contribution is 2.36. The fourth-order valence-electron chi connectivity index (χ4n) is 2.71. The van der Waals surface area contributed by atoms with E-state index < -0.39 is 0 Å². The van der Waals surface area contributed by atoms with E-state index >= 15 is 0 Å². The van der Waals surface area contributed by atoms with Crippen molar-refractivity contribution in [2.75, 3.05) is 18.7 Å². The number of hydrogen-bond donors (Lipinski definition) is 1. The minimum absolute atomic E-state index is 0.155. The van der Waals surface area contributed by atoms with Gasteiger partial charge in [0.1, 0.15) is 5.75 Å². The lowest BCUT2D eigenvalue weighted by atomic mass is 10.0. The Morgan fingerprint density at radius 3 is 2.95 bits per heavy atom. The van der Waals surface area contributed by atoms with Gasteiger partial charge in [-0.25, -0.2) is 0 Å². The second-order valence-electron chi connectivity index (χ2n) is 5.26. The molecule has 0 spiro atoms. The molecule has 2 heterocycles. The normalized spacial score (nSPS) is 17.5. The zero-order valence-corrected chi connectivity index (χ0v) is 12.6. The standard InChI is InChI=1S/C17H20N4O/c1-22-16-6-2-5-15(11-16)21-17(10-14(20-21)7-8-18)13-4-3-9-19-12-13/h2-6,9,11-12,17H,7-8,10,18H2,1H3. The molecule has 114 valence electrons. The molecule has 5 heteroatoms. The first-order valence-electron chi connectivity index (χ1n) is 7.41. The van der Waals surface area contributed by atoms with Crippen molar-refractivity contribution in [1.82, 2.24) is 4.98 Å². The van der Waals surface area contributed by atoms with E-state index in [9.17, 15) is 0 Å². The van der Waals surface area contributed by atoms with Crippen molar-refractivity contribution in [2.24, 2.45) is 10.8 Å². The number of methoxy groups -OCH3 is 1. The highest BCUT2D eigenvalue weighted by Gasteiger charge is 2.29. The fourth-order valence-corrected chi connectivity index (χ4v) is 2.71. The summed E-state index contributed by atoms with van der Waals surface area (Å²) in [4.78, 5) is 4.24. The zero-order chi connectivity index (χ0) is 15.4. The maximum Gasteiger partial charge on any atom is 0.120 e. The molecule has 0 saturated carbocycles. The molecule has 0 amide bonds. The lowest BCUT2D eigenvalue weighted by Gasteiger charge is -2.24. The highest BCUT2D eigenvalue weighted by atomic mass is 16.5. The third-order valence-electron chi connectivity index (χ3n) is 3.79. The number of anilines is 1. The molecule has 0 saturated heterocycles. The maximum atomic E-state index is 5.69. The molecule has 1 aliphatic rings. The zero-order valence-electron chi connectivity index (χ0n) is 12.6. The molecule has 5 nitrogen and oxygen atoms in total. The van der Waals surface area contributed by atoms with E-state index in [1.165, 1.54) is 0 Å². The first-order chi connectivity index (χ1) is 10.8. The van der Waals surface area contributed by atoms with Gasteiger partial charge in [0.25, 0.3) is 0 Å². The van der Waals surface area contributed by atoms with Crippen molar-refractivity contribution in [3.05, 3.63) is 54.4 Å². The smallest absolute Gasteiger partial charge is 0.120 e. The van der Waals surface area contributed by atoms with Crippen LogP contribution in [0.1, 0.15) is 24.4 Å². The molecule has 0 fully saturated rings. The number of hydrogen-bond acceptors (Lipinski definition) is 5. The molecule has 3 rings (SSSR count). The minimum Gasteiger partial charge on any atom is -0.497 e. The molecule has 0 bridgehead atoms. The Morgan fingerprint density at radius 1 is 1.32 bits per heavy atom. The molecule has 0 aliphatic carbocycles. The molecule has 1 aromatic carbocycles. The van der Waals surface area contributed by atoms with Crippen molar-refractivity contribution in [1.29, 1.82) is 0 Å². The van der Waals surface area contributed by atoms with Crippen LogP contribution in [0, 0.1) is 0 Å². The number of ether oxygens (including phenoxy) is 1. The second kappa shape index (κ2) is 6.58. The number of nitrogens with zero attached hydrogens (tertiary/aromatic N) is 3. The average Bonchev–Trinajstić information content (AvgIpc) is 3.00. The van der Waals surface area contributed by atoms with E-state index in [1.807, 2.05) is 41.5 Å². The first-order valence-corrected chi connectivity index (χ1v) is 7.41. The highest BCUT2D eigenvalue weighted by molar-refractivity contribution is 5.89. The second-order valence-corrected chi connectivity index (χ2v) is 5.26. The summed E-state index contributed by atoms with van der Waals surface area (Å²) in [7, 11) is 1.67. The van der Waals surface area contributed by atoms with Crippen LogP contribution in [-0.2, 0) is 0 Å². The van der Waals surface area contributed by atoms with Crippen molar-refractivity contribution in [2.45, 2.75) is 18.9 Å². The van der Waals surface area contributed by atoms with Crippen LogP contribution in [0.4, 0.5) is 5.69 Å². The van der Waals surface area contributed by atoms with Crippen LogP contribution in [0.15, 0.2) is 53.9 Å². The van der Waals surface area contributed by atoms with E-state index in [4.69, 9.17) is 15.6 Å². The topological polar surface area (TPSA) is 63.7 Å². The van der Waals surface area contributed by atoms with Crippen molar-refractivity contribution in [3.63, 3.8) is 0 Å². The van der Waals surface area contributed by atoms with Crippen LogP contribution in [0.3, 0.4) is 0 Å². The number of rotatable bonds is 5. The van der Waals surface area contributed by atoms with E-state index in [0.29, 0.717) is 6.54 Å². The third kappa shape index (κ3) is 2.94. The third-order valence-corrected chi connectivity index (χ3v) is 3.79. The van der Waals surface area contributed by atoms with Crippen molar-refractivity contribution < 1.29 is 4.74 Å². The minimum atomic E-state index is 0.155. The molecule has 1 aromatic heterocycles. The predicted octanol–water partition coefficient (Wildman–Crippen LogP) is 2.75. The van der Waals surface area contributed by atoms with Crippen LogP contribution < -0.4 is 15.5 Å². The number of aromatic nitrogens is 1. The van der Waals surface area contributed by atoms with Gasteiger partial charge in [-0.3, -0.25) is 9.99 Å². The van der Waals surface area contributed by atoms with Gasteiger partial charge in [-0.05, 0) is 36.7 Å². The number of nitrogens with two attached hydrogens (primary N) is 1. The van der Waals surface area contributed by atoms with Gasteiger partial charge in [0.2, 0.25) is 0 Å². The monoisotopic (exact) mass is 296 g/mol. The average molecular weight is 296 g/mol. The van der Waals surface area contributed by atoms with Crippen LogP contribution in [0.5, 0.6) is 5.75 Å². The largest absolute Gasteiger partial charge is 0.497 e. The molecule has 1 unspecified atom stereocenters. The summed E-state index contributed by atoms with van der Waals surface area (Å²) in [6.45, 7) is 0.616. The van der Waals surface area contributed by atoms with E-state index in [-0.39, 0.29) is 6.04 Å². The lowest BCUT2D eigenvalue weighted by molar-refractivity contribution is 0.414. The van der Waals surface area contributed by atoms with Gasteiger partial charge in [0.05, 0.1) is 18.8 Å². The summed E-state index contributed by atoms with van der Waals surface area (Å²) in [6.07, 6.45) is 5.38. The Kier molecular flexibility index (Phi) is 4.34. The molecular formula is C17H20N4O. The van der Waals surface area contributed by atoms with Crippen LogP contribution in [0.2, 0.25) is 0 Å².